The summed E-state index contributed by atoms with van der Waals surface area (Å²) < 4.78 is 0. The normalized spacial score (nSPS) is 28.5. The van der Waals surface area contributed by atoms with E-state index in [9.17, 15) is 9.90 Å². The summed E-state index contributed by atoms with van der Waals surface area (Å²) in [6, 6.07) is -0.00558. The number of aliphatic hydroxyl groups excluding tert-OH is 1. The highest BCUT2D eigenvalue weighted by Gasteiger charge is 2.52. The van der Waals surface area contributed by atoms with Gasteiger partial charge in [-0.25, -0.2) is 0 Å². The Labute approximate surface area is 90.6 Å². The lowest BCUT2D eigenvalue weighted by atomic mass is 10.2. The Morgan fingerprint density at radius 3 is 2.87 bits per heavy atom. The zero-order valence-electron chi connectivity index (χ0n) is 9.33. The zero-order valence-corrected chi connectivity index (χ0v) is 9.33. The smallest absolute Gasteiger partial charge is 0.240 e. The molecule has 1 unspecified atom stereocenters. The van der Waals surface area contributed by atoms with E-state index in [2.05, 4.69) is 12.2 Å². The van der Waals surface area contributed by atoms with Crippen molar-refractivity contribution in [2.45, 2.75) is 44.2 Å². The van der Waals surface area contributed by atoms with Crippen LogP contribution in [0, 0.1) is 0 Å². The molecule has 1 aliphatic carbocycles. The van der Waals surface area contributed by atoms with Gasteiger partial charge in [-0.15, -0.1) is 0 Å². The molecule has 15 heavy (non-hydrogen) atoms. The molecule has 0 spiro atoms. The van der Waals surface area contributed by atoms with E-state index in [0.717, 1.165) is 38.8 Å². The largest absolute Gasteiger partial charge is 0.394 e. The summed E-state index contributed by atoms with van der Waals surface area (Å²) >= 11 is 0. The van der Waals surface area contributed by atoms with Crippen LogP contribution in [0.15, 0.2) is 0 Å². The molecule has 2 rings (SSSR count). The monoisotopic (exact) mass is 212 g/mol. The van der Waals surface area contributed by atoms with Gasteiger partial charge in [0.05, 0.1) is 18.2 Å². The van der Waals surface area contributed by atoms with E-state index in [1.54, 1.807) is 0 Å². The Hall–Kier alpha value is -0.610. The Kier molecular flexibility index (Phi) is 2.98. The molecule has 4 heteroatoms. The average molecular weight is 212 g/mol. The highest BCUT2D eigenvalue weighted by atomic mass is 16.3. The Bertz CT molecular complexity index is 251. The number of aliphatic hydroxyl groups is 1. The molecule has 4 nitrogen and oxygen atoms in total. The van der Waals surface area contributed by atoms with E-state index in [1.807, 2.05) is 4.90 Å². The van der Waals surface area contributed by atoms with Crippen molar-refractivity contribution in [3.8, 4) is 0 Å². The van der Waals surface area contributed by atoms with Crippen LogP contribution in [-0.4, -0.2) is 47.2 Å². The van der Waals surface area contributed by atoms with Crippen LogP contribution in [0.1, 0.15) is 32.6 Å². The third-order valence-electron chi connectivity index (χ3n) is 3.54. The Morgan fingerprint density at radius 2 is 2.33 bits per heavy atom. The quantitative estimate of drug-likeness (QED) is 0.680. The maximum absolute atomic E-state index is 12.0. The second kappa shape index (κ2) is 4.10. The van der Waals surface area contributed by atoms with Crippen LogP contribution in [-0.2, 0) is 4.79 Å². The van der Waals surface area contributed by atoms with Gasteiger partial charge >= 0.3 is 0 Å². The van der Waals surface area contributed by atoms with E-state index < -0.39 is 0 Å². The summed E-state index contributed by atoms with van der Waals surface area (Å²) in [6.45, 7) is 3.93. The number of likely N-dealkylation sites (tertiary alicyclic amines) is 1. The molecule has 2 aliphatic rings. The van der Waals surface area contributed by atoms with Crippen molar-refractivity contribution in [1.82, 2.24) is 10.2 Å². The highest BCUT2D eigenvalue weighted by molar-refractivity contribution is 5.85. The standard InChI is InChI=1S/C11H20N2O2/c1-2-6-12-9-3-7-13(10(9)15)11(8-14)4-5-11/h9,12,14H,2-8H2,1H3. The first-order chi connectivity index (χ1) is 7.23. The van der Waals surface area contributed by atoms with Crippen LogP contribution in [0.3, 0.4) is 0 Å². The maximum atomic E-state index is 12.0. The molecule has 86 valence electrons. The van der Waals surface area contributed by atoms with E-state index >= 15 is 0 Å². The Balaban J connectivity index is 1.92. The molecule has 0 radical (unpaired) electrons. The molecule has 1 heterocycles. The fraction of sp³-hybridized carbons (Fsp3) is 0.909. The van der Waals surface area contributed by atoms with Gasteiger partial charge in [-0.05, 0) is 32.2 Å². The van der Waals surface area contributed by atoms with Crippen LogP contribution in [0.25, 0.3) is 0 Å². The third kappa shape index (κ3) is 1.88. The minimum absolute atomic E-state index is 0.00558. The number of rotatable bonds is 5. The highest BCUT2D eigenvalue weighted by Crippen LogP contribution is 2.43. The van der Waals surface area contributed by atoms with E-state index in [-0.39, 0.29) is 24.1 Å². The zero-order chi connectivity index (χ0) is 10.9. The average Bonchev–Trinajstić information content (AvgIpc) is 2.96. The lowest BCUT2D eigenvalue weighted by Gasteiger charge is -2.26. The molecule has 0 aromatic heterocycles. The summed E-state index contributed by atoms with van der Waals surface area (Å²) in [7, 11) is 0. The van der Waals surface area contributed by atoms with Crippen molar-refractivity contribution < 1.29 is 9.90 Å². The summed E-state index contributed by atoms with van der Waals surface area (Å²) in [4.78, 5) is 13.9. The number of carbonyl (C=O) groups is 1. The number of carbonyl (C=O) groups excluding carboxylic acids is 1. The second-order valence-electron chi connectivity index (χ2n) is 4.67. The van der Waals surface area contributed by atoms with Crippen molar-refractivity contribution in [2.24, 2.45) is 0 Å². The van der Waals surface area contributed by atoms with Crippen LogP contribution < -0.4 is 5.32 Å². The van der Waals surface area contributed by atoms with Crippen LogP contribution in [0.5, 0.6) is 0 Å². The van der Waals surface area contributed by atoms with Crippen molar-refractivity contribution in [3.63, 3.8) is 0 Å². The number of nitrogens with zero attached hydrogens (tertiary/aromatic N) is 1. The molecule has 1 amide bonds. The fourth-order valence-electron chi connectivity index (χ4n) is 2.32. The summed E-state index contributed by atoms with van der Waals surface area (Å²) in [5.41, 5.74) is -0.181. The molecule has 1 atom stereocenters. The maximum Gasteiger partial charge on any atom is 0.240 e. The fourth-order valence-corrected chi connectivity index (χ4v) is 2.32. The van der Waals surface area contributed by atoms with Gasteiger partial charge in [0.2, 0.25) is 5.91 Å². The molecule has 0 aromatic rings. The molecule has 1 aliphatic heterocycles. The van der Waals surface area contributed by atoms with Gasteiger partial charge in [-0.3, -0.25) is 4.79 Å². The van der Waals surface area contributed by atoms with Crippen molar-refractivity contribution in [2.75, 3.05) is 19.7 Å². The van der Waals surface area contributed by atoms with Gasteiger partial charge in [-0.1, -0.05) is 6.92 Å². The number of nitrogens with one attached hydrogen (secondary N) is 1. The van der Waals surface area contributed by atoms with Gasteiger partial charge < -0.3 is 15.3 Å². The number of hydrogen-bond donors (Lipinski definition) is 2. The topological polar surface area (TPSA) is 52.6 Å². The molecule has 2 fully saturated rings. The third-order valence-corrected chi connectivity index (χ3v) is 3.54. The molecular weight excluding hydrogens is 192 g/mol. The van der Waals surface area contributed by atoms with Crippen LogP contribution >= 0.6 is 0 Å². The SMILES string of the molecule is CCCNC1CCN(C2(CO)CC2)C1=O. The first-order valence-corrected chi connectivity index (χ1v) is 5.89. The van der Waals surface area contributed by atoms with Crippen molar-refractivity contribution in [1.29, 1.82) is 0 Å². The predicted octanol–water partition coefficient (Wildman–Crippen LogP) is 0.112. The van der Waals surface area contributed by atoms with Crippen LogP contribution in [0.2, 0.25) is 0 Å². The molecule has 1 saturated heterocycles. The van der Waals surface area contributed by atoms with Gasteiger partial charge in [0.25, 0.3) is 0 Å². The van der Waals surface area contributed by atoms with Gasteiger partial charge in [-0.2, -0.15) is 0 Å². The minimum atomic E-state index is -0.181. The van der Waals surface area contributed by atoms with Gasteiger partial charge in [0.1, 0.15) is 0 Å². The first-order valence-electron chi connectivity index (χ1n) is 5.89. The first kappa shape index (κ1) is 10.9. The van der Waals surface area contributed by atoms with Crippen molar-refractivity contribution >= 4 is 5.91 Å². The second-order valence-corrected chi connectivity index (χ2v) is 4.67. The van der Waals surface area contributed by atoms with Gasteiger partial charge in [0.15, 0.2) is 0 Å². The summed E-state index contributed by atoms with van der Waals surface area (Å²) in [6.07, 6.45) is 3.88. The van der Waals surface area contributed by atoms with E-state index in [0.29, 0.717) is 0 Å². The lowest BCUT2D eigenvalue weighted by Crippen LogP contribution is -2.45. The number of amides is 1. The molecule has 1 saturated carbocycles. The molecule has 0 aromatic carbocycles. The van der Waals surface area contributed by atoms with E-state index in [4.69, 9.17) is 0 Å². The molecule has 2 N–H and O–H groups in total. The molecule has 0 bridgehead atoms. The minimum Gasteiger partial charge on any atom is -0.394 e. The van der Waals surface area contributed by atoms with E-state index in [1.165, 1.54) is 0 Å². The summed E-state index contributed by atoms with van der Waals surface area (Å²) in [5, 5.41) is 12.5. The number of hydrogen-bond acceptors (Lipinski definition) is 3. The molecular formula is C11H20N2O2. The Morgan fingerprint density at radius 1 is 1.60 bits per heavy atom. The van der Waals surface area contributed by atoms with Gasteiger partial charge in [0, 0.05) is 6.54 Å². The summed E-state index contributed by atoms with van der Waals surface area (Å²) in [5.74, 6) is 0.190. The lowest BCUT2D eigenvalue weighted by molar-refractivity contribution is -0.133. The van der Waals surface area contributed by atoms with Crippen LogP contribution in [0.4, 0.5) is 0 Å². The predicted molar refractivity (Wildman–Crippen MR) is 57.5 cm³/mol. The van der Waals surface area contributed by atoms with Crippen molar-refractivity contribution in [3.05, 3.63) is 0 Å².